The monoisotopic (exact) mass is 726 g/mol. The lowest BCUT2D eigenvalue weighted by Gasteiger charge is -2.34. The molecule has 4 nitrogen and oxygen atoms in total. The molecular formula is C52H38O4. The van der Waals surface area contributed by atoms with Crippen LogP contribution in [0, 0.1) is 13.8 Å². The second-order valence-corrected chi connectivity index (χ2v) is 15.0. The van der Waals surface area contributed by atoms with Crippen LogP contribution in [0.4, 0.5) is 0 Å². The lowest BCUT2D eigenvalue weighted by atomic mass is 9.67. The molecule has 8 aromatic carbocycles. The Hall–Kier alpha value is -7.04. The van der Waals surface area contributed by atoms with Gasteiger partial charge in [0.25, 0.3) is 0 Å². The number of aromatic hydroxyl groups is 2. The summed E-state index contributed by atoms with van der Waals surface area (Å²) < 4.78 is 0. The quantitative estimate of drug-likeness (QED) is 0.127. The second kappa shape index (κ2) is 12.8. The minimum Gasteiger partial charge on any atom is -0.508 e. The summed E-state index contributed by atoms with van der Waals surface area (Å²) in [5, 5.41) is 20.5. The van der Waals surface area contributed by atoms with Crippen molar-refractivity contribution in [1.29, 1.82) is 0 Å². The highest BCUT2D eigenvalue weighted by Gasteiger charge is 2.47. The van der Waals surface area contributed by atoms with Crippen LogP contribution in [0.15, 0.2) is 182 Å². The molecule has 270 valence electrons. The summed E-state index contributed by atoms with van der Waals surface area (Å²) in [6.45, 7) is 4.27. The van der Waals surface area contributed by atoms with E-state index in [0.717, 1.165) is 22.3 Å². The standard InChI is InChI=1S/C52H38O4/c1-33-11-29-49-45(31-33)46-32-34(2)12-30-50(46)52(49,36-15-23-40(54)24-16-36)38-19-27-42(28-20-38)56-55-41-25-17-37(18-26-41)51(35-13-21-39(53)22-14-35)47-9-5-3-7-43(47)44-8-4-6-10-48(44)51/h3-32,53-54H,1-2H3. The van der Waals surface area contributed by atoms with E-state index in [4.69, 9.17) is 9.78 Å². The molecule has 0 amide bonds. The van der Waals surface area contributed by atoms with E-state index in [9.17, 15) is 10.2 Å². The predicted octanol–water partition coefficient (Wildman–Crippen LogP) is 11.8. The Balaban J connectivity index is 0.993. The molecule has 4 heteroatoms. The third-order valence-electron chi connectivity index (χ3n) is 11.8. The van der Waals surface area contributed by atoms with Crippen LogP contribution < -0.4 is 9.78 Å². The van der Waals surface area contributed by atoms with Crippen LogP contribution in [0.25, 0.3) is 22.3 Å². The van der Waals surface area contributed by atoms with Crippen molar-refractivity contribution in [2.75, 3.05) is 0 Å². The molecule has 0 aromatic heterocycles. The van der Waals surface area contributed by atoms with Gasteiger partial charge in [0.15, 0.2) is 11.5 Å². The van der Waals surface area contributed by atoms with Crippen molar-refractivity contribution in [3.63, 3.8) is 0 Å². The SMILES string of the molecule is Cc1ccc2c(c1)-c1cc(C)ccc1C2(c1ccc(O)cc1)c1ccc(OOc2ccc(C3(c4ccc(O)cc4)c4ccccc4-c4ccccc43)cc2)cc1. The first-order chi connectivity index (χ1) is 27.4. The van der Waals surface area contributed by atoms with Gasteiger partial charge in [-0.3, -0.25) is 9.78 Å². The summed E-state index contributed by atoms with van der Waals surface area (Å²) in [7, 11) is 0. The summed E-state index contributed by atoms with van der Waals surface area (Å²) in [6, 6.07) is 62.0. The van der Waals surface area contributed by atoms with E-state index in [1.165, 1.54) is 55.6 Å². The van der Waals surface area contributed by atoms with Gasteiger partial charge in [-0.15, -0.1) is 0 Å². The molecule has 0 heterocycles. The lowest BCUT2D eigenvalue weighted by molar-refractivity contribution is -0.0999. The Morgan fingerprint density at radius 2 is 0.661 bits per heavy atom. The number of aryl methyl sites for hydroxylation is 2. The Bertz CT molecular complexity index is 2670. The third kappa shape index (κ3) is 4.92. The van der Waals surface area contributed by atoms with Gasteiger partial charge in [-0.25, -0.2) is 0 Å². The fourth-order valence-electron chi connectivity index (χ4n) is 9.41. The lowest BCUT2D eigenvalue weighted by Crippen LogP contribution is -2.28. The highest BCUT2D eigenvalue weighted by Crippen LogP contribution is 2.58. The van der Waals surface area contributed by atoms with Gasteiger partial charge in [-0.1, -0.05) is 145 Å². The molecule has 8 aromatic rings. The largest absolute Gasteiger partial charge is 0.508 e. The van der Waals surface area contributed by atoms with E-state index >= 15 is 0 Å². The zero-order valence-electron chi connectivity index (χ0n) is 31.0. The van der Waals surface area contributed by atoms with Crippen molar-refractivity contribution < 1.29 is 20.0 Å². The number of rotatable bonds is 7. The molecule has 0 spiro atoms. The average molecular weight is 727 g/mol. The van der Waals surface area contributed by atoms with Crippen molar-refractivity contribution >= 4 is 0 Å². The molecule has 0 saturated heterocycles. The Morgan fingerprint density at radius 1 is 0.339 bits per heavy atom. The van der Waals surface area contributed by atoms with E-state index in [2.05, 4.69) is 123 Å². The van der Waals surface area contributed by atoms with Gasteiger partial charge < -0.3 is 10.2 Å². The van der Waals surface area contributed by atoms with E-state index in [1.807, 2.05) is 48.5 Å². The van der Waals surface area contributed by atoms with Crippen molar-refractivity contribution in [2.24, 2.45) is 0 Å². The molecule has 10 rings (SSSR count). The molecule has 0 fully saturated rings. The summed E-state index contributed by atoms with van der Waals surface area (Å²) in [5.74, 6) is 1.61. The second-order valence-electron chi connectivity index (χ2n) is 15.0. The van der Waals surface area contributed by atoms with E-state index < -0.39 is 10.8 Å². The summed E-state index contributed by atoms with van der Waals surface area (Å²) in [4.78, 5) is 11.9. The Morgan fingerprint density at radius 3 is 1.04 bits per heavy atom. The van der Waals surface area contributed by atoms with Crippen LogP contribution in [0.5, 0.6) is 23.0 Å². The molecule has 0 saturated carbocycles. The molecule has 0 atom stereocenters. The maximum absolute atomic E-state index is 10.3. The van der Waals surface area contributed by atoms with E-state index in [-0.39, 0.29) is 11.5 Å². The number of benzene rings is 8. The van der Waals surface area contributed by atoms with Crippen LogP contribution in [-0.4, -0.2) is 10.2 Å². The minimum absolute atomic E-state index is 0.232. The minimum atomic E-state index is -0.597. The van der Waals surface area contributed by atoms with E-state index in [1.54, 1.807) is 24.3 Å². The zero-order chi connectivity index (χ0) is 38.0. The number of hydrogen-bond donors (Lipinski definition) is 2. The molecular weight excluding hydrogens is 689 g/mol. The van der Waals surface area contributed by atoms with Crippen LogP contribution in [0.2, 0.25) is 0 Å². The van der Waals surface area contributed by atoms with Crippen LogP contribution in [-0.2, 0) is 10.8 Å². The first-order valence-electron chi connectivity index (χ1n) is 18.9. The van der Waals surface area contributed by atoms with Gasteiger partial charge in [0.2, 0.25) is 0 Å². The van der Waals surface area contributed by atoms with Crippen molar-refractivity contribution in [3.8, 4) is 45.3 Å². The van der Waals surface area contributed by atoms with Crippen molar-refractivity contribution in [2.45, 2.75) is 24.7 Å². The van der Waals surface area contributed by atoms with Crippen LogP contribution in [0.1, 0.15) is 55.6 Å². The summed E-state index contributed by atoms with van der Waals surface area (Å²) in [6.07, 6.45) is 0. The fraction of sp³-hybridized carbons (Fsp3) is 0.0769. The number of fused-ring (bicyclic) bond motifs is 6. The highest BCUT2D eigenvalue weighted by atomic mass is 17.2. The highest BCUT2D eigenvalue weighted by molar-refractivity contribution is 5.88. The molecule has 2 N–H and O–H groups in total. The normalized spacial score (nSPS) is 14.0. The zero-order valence-corrected chi connectivity index (χ0v) is 31.0. The first-order valence-corrected chi connectivity index (χ1v) is 18.9. The topological polar surface area (TPSA) is 58.9 Å². The molecule has 0 bridgehead atoms. The number of hydrogen-bond acceptors (Lipinski definition) is 4. The molecule has 56 heavy (non-hydrogen) atoms. The number of phenols is 2. The Labute approximate surface area is 326 Å². The van der Waals surface area contributed by atoms with Crippen LogP contribution in [0.3, 0.4) is 0 Å². The maximum atomic E-state index is 10.3. The van der Waals surface area contributed by atoms with Gasteiger partial charge in [-0.05, 0) is 129 Å². The number of phenolic OH excluding ortho intramolecular Hbond substituents is 2. The summed E-state index contributed by atoms with van der Waals surface area (Å²) >= 11 is 0. The molecule has 0 radical (unpaired) electrons. The van der Waals surface area contributed by atoms with E-state index in [0.29, 0.717) is 11.5 Å². The maximum Gasteiger partial charge on any atom is 0.178 e. The molecule has 0 aliphatic heterocycles. The van der Waals surface area contributed by atoms with Gasteiger partial charge >= 0.3 is 0 Å². The Kier molecular flexibility index (Phi) is 7.65. The molecule has 2 aliphatic carbocycles. The smallest absolute Gasteiger partial charge is 0.178 e. The van der Waals surface area contributed by atoms with Gasteiger partial charge in [0, 0.05) is 0 Å². The van der Waals surface area contributed by atoms with Crippen LogP contribution >= 0.6 is 0 Å². The third-order valence-corrected chi connectivity index (χ3v) is 11.8. The van der Waals surface area contributed by atoms with Crippen molar-refractivity contribution in [1.82, 2.24) is 0 Å². The first kappa shape index (κ1) is 33.5. The van der Waals surface area contributed by atoms with Crippen molar-refractivity contribution in [3.05, 3.63) is 238 Å². The van der Waals surface area contributed by atoms with Gasteiger partial charge in [0.1, 0.15) is 11.5 Å². The van der Waals surface area contributed by atoms with Gasteiger partial charge in [-0.2, -0.15) is 0 Å². The predicted molar refractivity (Wildman–Crippen MR) is 222 cm³/mol. The molecule has 2 aliphatic rings. The average Bonchev–Trinajstić information content (AvgIpc) is 3.69. The summed E-state index contributed by atoms with van der Waals surface area (Å²) in [5.41, 5.74) is 15.2. The fourth-order valence-corrected chi connectivity index (χ4v) is 9.41. The van der Waals surface area contributed by atoms with Gasteiger partial charge in [0.05, 0.1) is 10.8 Å². The molecule has 0 unspecified atom stereocenters.